The first-order chi connectivity index (χ1) is 15.2. The maximum atomic E-state index is 13.4. The Bertz CT molecular complexity index is 968. The normalized spacial score (nSPS) is 18.4. The van der Waals surface area contributed by atoms with E-state index in [0.717, 1.165) is 24.2 Å². The topological polar surface area (TPSA) is 71.4 Å². The molecule has 1 aliphatic rings. The number of hydrogen-bond acceptors (Lipinski definition) is 5. The zero-order valence-electron chi connectivity index (χ0n) is 19.4. The number of ether oxygens (including phenoxy) is 1. The monoisotopic (exact) mass is 438 g/mol. The third kappa shape index (κ3) is 4.83. The third-order valence-electron chi connectivity index (χ3n) is 5.89. The van der Waals surface area contributed by atoms with Gasteiger partial charge < -0.3 is 19.4 Å². The molecular formula is C25H32N3O4+. The molecule has 7 nitrogen and oxygen atoms in total. The van der Waals surface area contributed by atoms with E-state index in [0.29, 0.717) is 17.9 Å². The molecule has 1 fully saturated rings. The van der Waals surface area contributed by atoms with Crippen molar-refractivity contribution in [2.24, 2.45) is 5.92 Å². The number of likely N-dealkylation sites (tertiary alicyclic amines) is 1. The van der Waals surface area contributed by atoms with Crippen LogP contribution in [0.1, 0.15) is 28.4 Å². The van der Waals surface area contributed by atoms with Crippen LogP contribution in [-0.4, -0.2) is 70.8 Å². The number of carbonyl (C=O) groups is 3. The number of nitrogens with zero attached hydrogens (tertiary/aromatic N) is 2. The molecule has 1 saturated heterocycles. The number of rotatable bonds is 9. The van der Waals surface area contributed by atoms with E-state index >= 15 is 0 Å². The van der Waals surface area contributed by atoms with Crippen LogP contribution in [0.25, 0.3) is 0 Å². The molecule has 2 aromatic carbocycles. The van der Waals surface area contributed by atoms with Crippen molar-refractivity contribution >= 4 is 23.2 Å². The fourth-order valence-electron chi connectivity index (χ4n) is 4.11. The summed E-state index contributed by atoms with van der Waals surface area (Å²) in [5.74, 6) is -1.99. The minimum absolute atomic E-state index is 0.339. The number of benzene rings is 2. The molecule has 1 N–H and O–H groups in total. The molecule has 170 valence electrons. The van der Waals surface area contributed by atoms with Gasteiger partial charge in [0, 0.05) is 38.3 Å². The van der Waals surface area contributed by atoms with Crippen LogP contribution in [0.3, 0.4) is 0 Å². The molecule has 1 amide bonds. The largest absolute Gasteiger partial charge is 0.497 e. The SMILES string of the molecule is COc1ccc(C(=O)C2C(=O)C(=O)N(CCC[NH+](C)C)C2c2ccc(N(C)C)cc2)cc1. The summed E-state index contributed by atoms with van der Waals surface area (Å²) in [4.78, 5) is 44.3. The van der Waals surface area contributed by atoms with Crippen molar-refractivity contribution in [1.29, 1.82) is 0 Å². The molecule has 2 atom stereocenters. The van der Waals surface area contributed by atoms with Crippen molar-refractivity contribution in [3.05, 3.63) is 59.7 Å². The van der Waals surface area contributed by atoms with Gasteiger partial charge in [-0.25, -0.2) is 0 Å². The summed E-state index contributed by atoms with van der Waals surface area (Å²) in [6, 6.07) is 13.7. The van der Waals surface area contributed by atoms with Gasteiger partial charge in [0.15, 0.2) is 5.78 Å². The average molecular weight is 439 g/mol. The Labute approximate surface area is 189 Å². The second kappa shape index (κ2) is 9.96. The highest BCUT2D eigenvalue weighted by atomic mass is 16.5. The van der Waals surface area contributed by atoms with Gasteiger partial charge in [0.2, 0.25) is 5.78 Å². The smallest absolute Gasteiger partial charge is 0.291 e. The van der Waals surface area contributed by atoms with Crippen LogP contribution in [0.5, 0.6) is 5.75 Å². The van der Waals surface area contributed by atoms with Gasteiger partial charge in [0.1, 0.15) is 11.7 Å². The number of hydrogen-bond donors (Lipinski definition) is 1. The predicted octanol–water partition coefficient (Wildman–Crippen LogP) is 1.25. The number of carbonyl (C=O) groups excluding carboxylic acids is 3. The highest BCUT2D eigenvalue weighted by Gasteiger charge is 2.51. The molecule has 2 unspecified atom stereocenters. The van der Waals surface area contributed by atoms with Crippen LogP contribution in [-0.2, 0) is 9.59 Å². The minimum Gasteiger partial charge on any atom is -0.497 e. The molecular weight excluding hydrogens is 406 g/mol. The summed E-state index contributed by atoms with van der Waals surface area (Å²) in [6.45, 7) is 1.30. The van der Waals surface area contributed by atoms with Gasteiger partial charge in [-0.3, -0.25) is 14.4 Å². The first kappa shape index (κ1) is 23.5. The van der Waals surface area contributed by atoms with Crippen molar-refractivity contribution in [3.8, 4) is 5.75 Å². The molecule has 7 heteroatoms. The average Bonchev–Trinajstić information content (AvgIpc) is 3.03. The van der Waals surface area contributed by atoms with Gasteiger partial charge in [0.25, 0.3) is 5.91 Å². The van der Waals surface area contributed by atoms with Crippen molar-refractivity contribution < 1.29 is 24.0 Å². The van der Waals surface area contributed by atoms with Gasteiger partial charge in [-0.15, -0.1) is 0 Å². The molecule has 0 aliphatic carbocycles. The first-order valence-corrected chi connectivity index (χ1v) is 10.8. The molecule has 2 aromatic rings. The fraction of sp³-hybridized carbons (Fsp3) is 0.400. The highest BCUT2D eigenvalue weighted by Crippen LogP contribution is 2.38. The third-order valence-corrected chi connectivity index (χ3v) is 5.89. The fourth-order valence-corrected chi connectivity index (χ4v) is 4.11. The first-order valence-electron chi connectivity index (χ1n) is 10.8. The maximum absolute atomic E-state index is 13.4. The van der Waals surface area contributed by atoms with Gasteiger partial charge >= 0.3 is 0 Å². The van der Waals surface area contributed by atoms with Gasteiger partial charge in [-0.05, 0) is 42.0 Å². The van der Waals surface area contributed by atoms with E-state index < -0.39 is 23.7 Å². The summed E-state index contributed by atoms with van der Waals surface area (Å²) in [5, 5.41) is 0. The lowest BCUT2D eigenvalue weighted by Crippen LogP contribution is -3.05. The zero-order valence-corrected chi connectivity index (χ0v) is 19.4. The number of Topliss-reactive ketones (excluding diaryl/α,β-unsaturated/α-hetero) is 2. The molecule has 0 aromatic heterocycles. The van der Waals surface area contributed by atoms with Crippen molar-refractivity contribution in [2.45, 2.75) is 12.5 Å². The summed E-state index contributed by atoms with van der Waals surface area (Å²) >= 11 is 0. The zero-order chi connectivity index (χ0) is 23.4. The number of ketones is 2. The van der Waals surface area contributed by atoms with Crippen LogP contribution in [0.2, 0.25) is 0 Å². The van der Waals surface area contributed by atoms with Crippen LogP contribution >= 0.6 is 0 Å². The number of methoxy groups -OCH3 is 1. The standard InChI is InChI=1S/C25H31N3O4/c1-26(2)15-6-16-28-22(17-7-11-19(12-8-17)27(3)4)21(24(30)25(28)31)23(29)18-9-13-20(32-5)14-10-18/h7-14,21-22H,6,15-16H2,1-5H3/p+1. The Kier molecular flexibility index (Phi) is 7.30. The summed E-state index contributed by atoms with van der Waals surface area (Å²) < 4.78 is 5.17. The van der Waals surface area contributed by atoms with E-state index in [1.807, 2.05) is 57.4 Å². The van der Waals surface area contributed by atoms with E-state index in [4.69, 9.17) is 4.74 Å². The molecule has 0 saturated carbocycles. The molecule has 0 spiro atoms. The number of nitrogens with one attached hydrogen (secondary N) is 1. The second-order valence-electron chi connectivity index (χ2n) is 8.67. The Hall–Kier alpha value is -3.19. The maximum Gasteiger partial charge on any atom is 0.291 e. The molecule has 0 radical (unpaired) electrons. The van der Waals surface area contributed by atoms with Crippen molar-refractivity contribution in [1.82, 2.24) is 4.90 Å². The molecule has 1 aliphatic heterocycles. The lowest BCUT2D eigenvalue weighted by Gasteiger charge is -2.28. The van der Waals surface area contributed by atoms with Crippen molar-refractivity contribution in [2.75, 3.05) is 53.3 Å². The summed E-state index contributed by atoms with van der Waals surface area (Å²) in [6.07, 6.45) is 0.747. The van der Waals surface area contributed by atoms with Gasteiger partial charge in [0.05, 0.1) is 33.8 Å². The van der Waals surface area contributed by atoms with Gasteiger partial charge in [-0.1, -0.05) is 12.1 Å². The quantitative estimate of drug-likeness (QED) is 0.363. The predicted molar refractivity (Wildman–Crippen MR) is 123 cm³/mol. The van der Waals surface area contributed by atoms with E-state index in [2.05, 4.69) is 0 Å². The van der Waals surface area contributed by atoms with Crippen LogP contribution in [0.15, 0.2) is 48.5 Å². The Morgan fingerprint density at radius 1 is 1.03 bits per heavy atom. The Morgan fingerprint density at radius 2 is 1.66 bits per heavy atom. The highest BCUT2D eigenvalue weighted by molar-refractivity contribution is 6.44. The van der Waals surface area contributed by atoms with Crippen LogP contribution in [0.4, 0.5) is 5.69 Å². The number of anilines is 1. The minimum atomic E-state index is -1.06. The summed E-state index contributed by atoms with van der Waals surface area (Å²) in [7, 11) is 9.54. The van der Waals surface area contributed by atoms with Crippen LogP contribution < -0.4 is 14.5 Å². The van der Waals surface area contributed by atoms with Crippen LogP contribution in [0, 0.1) is 5.92 Å². The molecule has 1 heterocycles. The van der Waals surface area contributed by atoms with E-state index in [1.54, 1.807) is 36.3 Å². The molecule has 0 bridgehead atoms. The van der Waals surface area contributed by atoms with E-state index in [-0.39, 0.29) is 5.78 Å². The lowest BCUT2D eigenvalue weighted by molar-refractivity contribution is -0.858. The second-order valence-corrected chi connectivity index (χ2v) is 8.67. The Morgan fingerprint density at radius 3 is 2.19 bits per heavy atom. The molecule has 32 heavy (non-hydrogen) atoms. The summed E-state index contributed by atoms with van der Waals surface area (Å²) in [5.41, 5.74) is 2.19. The number of quaternary nitrogens is 1. The van der Waals surface area contributed by atoms with Crippen molar-refractivity contribution in [3.63, 3.8) is 0 Å². The Balaban J connectivity index is 1.98. The van der Waals surface area contributed by atoms with E-state index in [1.165, 1.54) is 4.90 Å². The van der Waals surface area contributed by atoms with Gasteiger partial charge in [-0.2, -0.15) is 0 Å². The lowest BCUT2D eigenvalue weighted by atomic mass is 9.86. The molecule has 3 rings (SSSR count). The van der Waals surface area contributed by atoms with E-state index in [9.17, 15) is 14.4 Å². The number of amides is 1.